The second-order valence-corrected chi connectivity index (χ2v) is 20.6. The molecule has 0 aliphatic carbocycles. The Kier molecular flexibility index (Phi) is 6.58. The molecule has 4 nitrogen and oxygen atoms in total. The van der Waals surface area contributed by atoms with Gasteiger partial charge in [-0.1, -0.05) is 0 Å². The number of pyridine rings is 1. The van der Waals surface area contributed by atoms with Crippen molar-refractivity contribution in [2.75, 3.05) is 7.11 Å². The summed E-state index contributed by atoms with van der Waals surface area (Å²) in [6, 6.07) is 4.80. The van der Waals surface area contributed by atoms with E-state index in [1.807, 2.05) is 12.1 Å². The van der Waals surface area contributed by atoms with E-state index in [1.165, 1.54) is 0 Å². The molecule has 0 bridgehead atoms. The number of ether oxygens (including phenoxy) is 1. The smallest absolute Gasteiger partial charge is 0.314 e. The van der Waals surface area contributed by atoms with Crippen molar-refractivity contribution in [3.05, 3.63) is 24.0 Å². The molecule has 0 fully saturated rings. The van der Waals surface area contributed by atoms with Gasteiger partial charge in [-0.25, -0.2) is 0 Å². The average molecular weight is 358 g/mol. The maximum absolute atomic E-state index is 6.51. The summed E-state index contributed by atoms with van der Waals surface area (Å²) in [6.45, 7) is 15.6. The Morgan fingerprint density at radius 1 is 0.955 bits per heavy atom. The largest absolute Gasteiger partial charge is 0.497 e. The zero-order valence-corrected chi connectivity index (χ0v) is 18.3. The summed E-state index contributed by atoms with van der Waals surface area (Å²) in [4.78, 5) is 4.44. The molecule has 1 aromatic heterocycles. The number of hydrogen-bond acceptors (Lipinski definition) is 4. The van der Waals surface area contributed by atoms with E-state index < -0.39 is 25.2 Å². The lowest BCUT2D eigenvalue weighted by Crippen LogP contribution is -2.52. The fourth-order valence-electron chi connectivity index (χ4n) is 2.49. The predicted molar refractivity (Wildman–Crippen MR) is 99.8 cm³/mol. The van der Waals surface area contributed by atoms with Gasteiger partial charge >= 0.3 is 8.56 Å². The van der Waals surface area contributed by atoms with Gasteiger partial charge in [0.25, 0.3) is 0 Å². The van der Waals surface area contributed by atoms with Gasteiger partial charge in [-0.2, -0.15) is 0 Å². The Labute approximate surface area is 138 Å². The highest BCUT2D eigenvalue weighted by Gasteiger charge is 2.39. The molecule has 22 heavy (non-hydrogen) atoms. The molecule has 0 unspecified atom stereocenters. The third kappa shape index (κ3) is 7.68. The molecule has 7 heteroatoms. The number of hydrogen-bond donors (Lipinski definition) is 0. The van der Waals surface area contributed by atoms with E-state index in [1.54, 1.807) is 13.3 Å². The van der Waals surface area contributed by atoms with E-state index >= 15 is 0 Å². The molecule has 0 radical (unpaired) electrons. The van der Waals surface area contributed by atoms with Gasteiger partial charge in [-0.15, -0.1) is 0 Å². The number of methoxy groups -OCH3 is 1. The maximum Gasteiger partial charge on any atom is 0.314 e. The molecular formula is C15H31NO3Si3. The summed E-state index contributed by atoms with van der Waals surface area (Å²) in [5.41, 5.74) is 1.04. The summed E-state index contributed by atoms with van der Waals surface area (Å²) in [6.07, 6.45) is 2.67. The predicted octanol–water partition coefficient (Wildman–Crippen LogP) is 4.41. The number of aryl methyl sites for hydroxylation is 1. The van der Waals surface area contributed by atoms with Crippen molar-refractivity contribution in [1.29, 1.82) is 0 Å². The Morgan fingerprint density at radius 2 is 1.50 bits per heavy atom. The Bertz CT molecular complexity index is 468. The molecule has 1 aromatic rings. The number of nitrogens with zero attached hydrogens (tertiary/aromatic N) is 1. The first-order valence-corrected chi connectivity index (χ1v) is 17.2. The van der Waals surface area contributed by atoms with Gasteiger partial charge < -0.3 is 13.0 Å². The fraction of sp³-hybridized carbons (Fsp3) is 0.667. The van der Waals surface area contributed by atoms with Gasteiger partial charge in [0, 0.05) is 18.0 Å². The Morgan fingerprint density at radius 3 is 1.95 bits per heavy atom. The van der Waals surface area contributed by atoms with E-state index in [4.69, 9.17) is 13.0 Å². The van der Waals surface area contributed by atoms with Gasteiger partial charge in [-0.05, 0) is 64.4 Å². The van der Waals surface area contributed by atoms with Crippen molar-refractivity contribution in [3.8, 4) is 5.75 Å². The van der Waals surface area contributed by atoms with Crippen LogP contribution in [0.2, 0.25) is 51.9 Å². The van der Waals surface area contributed by atoms with Crippen LogP contribution in [0.25, 0.3) is 0 Å². The van der Waals surface area contributed by atoms with Crippen molar-refractivity contribution >= 4 is 25.2 Å². The van der Waals surface area contributed by atoms with E-state index in [0.717, 1.165) is 23.9 Å². The summed E-state index contributed by atoms with van der Waals surface area (Å²) < 4.78 is 18.3. The van der Waals surface area contributed by atoms with E-state index in [2.05, 4.69) is 50.8 Å². The highest BCUT2D eigenvalue weighted by molar-refractivity contribution is 6.87. The minimum absolute atomic E-state index is 0.852. The first kappa shape index (κ1) is 19.6. The van der Waals surface area contributed by atoms with Gasteiger partial charge in [0.1, 0.15) is 5.75 Å². The van der Waals surface area contributed by atoms with Crippen LogP contribution in [0.15, 0.2) is 18.3 Å². The van der Waals surface area contributed by atoms with Crippen LogP contribution >= 0.6 is 0 Å². The topological polar surface area (TPSA) is 40.6 Å². The van der Waals surface area contributed by atoms with E-state index in [-0.39, 0.29) is 0 Å². The Hall–Kier alpha value is -0.479. The monoisotopic (exact) mass is 357 g/mol. The molecule has 0 atom stereocenters. The highest BCUT2D eigenvalue weighted by Crippen LogP contribution is 2.26. The van der Waals surface area contributed by atoms with Crippen LogP contribution in [0.1, 0.15) is 5.69 Å². The zero-order valence-electron chi connectivity index (χ0n) is 15.3. The average Bonchev–Trinajstić information content (AvgIpc) is 2.32. The molecular weight excluding hydrogens is 326 g/mol. The second kappa shape index (κ2) is 7.39. The molecule has 0 aliphatic rings. The quantitative estimate of drug-likeness (QED) is 0.646. The maximum atomic E-state index is 6.51. The highest BCUT2D eigenvalue weighted by atomic mass is 28.5. The van der Waals surface area contributed by atoms with Gasteiger partial charge in [0.05, 0.1) is 7.11 Å². The number of rotatable bonds is 8. The molecule has 0 aromatic carbocycles. The van der Waals surface area contributed by atoms with Crippen molar-refractivity contribution in [1.82, 2.24) is 4.98 Å². The third-order valence-corrected chi connectivity index (χ3v) is 12.4. The fourth-order valence-corrected chi connectivity index (χ4v) is 14.9. The van der Waals surface area contributed by atoms with Crippen LogP contribution < -0.4 is 4.74 Å². The molecule has 0 saturated heterocycles. The molecule has 0 spiro atoms. The molecule has 1 heterocycles. The normalized spacial score (nSPS) is 13.3. The summed E-state index contributed by atoms with van der Waals surface area (Å²) in [5.74, 6) is 0.852. The van der Waals surface area contributed by atoms with Crippen LogP contribution in [0.3, 0.4) is 0 Å². The van der Waals surface area contributed by atoms with Crippen molar-refractivity contribution in [2.24, 2.45) is 0 Å². The van der Waals surface area contributed by atoms with Crippen molar-refractivity contribution < 1.29 is 13.0 Å². The van der Waals surface area contributed by atoms with Gasteiger partial charge in [-0.3, -0.25) is 4.98 Å². The minimum Gasteiger partial charge on any atom is -0.497 e. The second-order valence-electron chi connectivity index (χ2n) is 7.75. The van der Waals surface area contributed by atoms with E-state index in [0.29, 0.717) is 0 Å². The van der Waals surface area contributed by atoms with Crippen LogP contribution in [0.4, 0.5) is 0 Å². The molecule has 0 N–H and O–H groups in total. The molecule has 0 saturated carbocycles. The molecule has 126 valence electrons. The SMILES string of the molecule is COc1ccnc(CC[Si](C)(O[Si](C)(C)C)O[Si](C)(C)C)c1. The summed E-state index contributed by atoms with van der Waals surface area (Å²) in [5, 5.41) is 0. The standard InChI is InChI=1S/C15H31NO3Si3/c1-17-15-9-11-16-14(13-15)10-12-22(8,18-20(2,3)4)19-21(5,6)7/h9,11,13H,10,12H2,1-8H3. The van der Waals surface area contributed by atoms with Crippen LogP contribution in [-0.4, -0.2) is 37.3 Å². The Balaban J connectivity index is 2.83. The van der Waals surface area contributed by atoms with Crippen molar-refractivity contribution in [3.63, 3.8) is 0 Å². The van der Waals surface area contributed by atoms with Crippen LogP contribution in [0, 0.1) is 0 Å². The zero-order chi connectivity index (χ0) is 17.0. The lowest BCUT2D eigenvalue weighted by atomic mass is 10.3. The van der Waals surface area contributed by atoms with Crippen molar-refractivity contribution in [2.45, 2.75) is 58.3 Å². The molecule has 0 aliphatic heterocycles. The lowest BCUT2D eigenvalue weighted by Gasteiger charge is -2.38. The first-order chi connectivity index (χ1) is 9.92. The van der Waals surface area contributed by atoms with Crippen LogP contribution in [-0.2, 0) is 14.7 Å². The summed E-state index contributed by atoms with van der Waals surface area (Å²) in [7, 11) is -3.78. The van der Waals surface area contributed by atoms with Crippen LogP contribution in [0.5, 0.6) is 5.75 Å². The van der Waals surface area contributed by atoms with Gasteiger partial charge in [0.15, 0.2) is 16.6 Å². The lowest BCUT2D eigenvalue weighted by molar-refractivity contribution is 0.383. The minimum atomic E-state index is -2.19. The molecule has 1 rings (SSSR count). The first-order valence-electron chi connectivity index (χ1n) is 7.82. The van der Waals surface area contributed by atoms with Gasteiger partial charge in [0.2, 0.25) is 0 Å². The summed E-state index contributed by atoms with van der Waals surface area (Å²) >= 11 is 0. The number of aromatic nitrogens is 1. The van der Waals surface area contributed by atoms with E-state index in [9.17, 15) is 0 Å². The molecule has 0 amide bonds. The third-order valence-electron chi connectivity index (χ3n) is 2.90.